The summed E-state index contributed by atoms with van der Waals surface area (Å²) >= 11 is 0. The highest BCUT2D eigenvalue weighted by atomic mass is 16.6. The van der Waals surface area contributed by atoms with Crippen LogP contribution in [0.2, 0.25) is 0 Å². The fraction of sp³-hybridized carbons (Fsp3) is 0.312. The van der Waals surface area contributed by atoms with Crippen molar-refractivity contribution in [1.82, 2.24) is 4.98 Å². The maximum atomic E-state index is 11.7. The molecule has 0 spiro atoms. The van der Waals surface area contributed by atoms with Crippen molar-refractivity contribution in [3.8, 4) is 28.3 Å². The molecule has 2 heterocycles. The fourth-order valence-electron chi connectivity index (χ4n) is 5.67. The molecule has 38 heavy (non-hydrogen) atoms. The number of aromatic nitrogens is 1. The van der Waals surface area contributed by atoms with E-state index in [-0.39, 0.29) is 24.6 Å². The molecule has 0 radical (unpaired) electrons. The molecule has 2 unspecified atom stereocenters. The molecule has 3 aromatic carbocycles. The van der Waals surface area contributed by atoms with Gasteiger partial charge in [-0.1, -0.05) is 79.2 Å². The van der Waals surface area contributed by atoms with Gasteiger partial charge in [-0.3, -0.25) is 0 Å². The molecule has 2 fully saturated rings. The molecule has 1 aliphatic heterocycles. The third kappa shape index (κ3) is 4.72. The quantitative estimate of drug-likeness (QED) is 0.187. The molecule has 0 N–H and O–H groups in total. The molecular formula is C32H31NO5. The van der Waals surface area contributed by atoms with Crippen LogP contribution in [0.25, 0.3) is 22.6 Å². The van der Waals surface area contributed by atoms with Crippen molar-refractivity contribution < 1.29 is 23.4 Å². The van der Waals surface area contributed by atoms with Crippen LogP contribution in [-0.4, -0.2) is 30.3 Å². The number of epoxide rings is 1. The average molecular weight is 510 g/mol. The van der Waals surface area contributed by atoms with E-state index in [1.54, 1.807) is 6.92 Å². The number of hydrogen-bond acceptors (Lipinski definition) is 6. The van der Waals surface area contributed by atoms with Gasteiger partial charge in [-0.2, -0.15) is 0 Å². The second kappa shape index (κ2) is 10.5. The lowest BCUT2D eigenvalue weighted by Gasteiger charge is -2.26. The van der Waals surface area contributed by atoms with Crippen molar-refractivity contribution in [2.75, 3.05) is 13.2 Å². The molecule has 1 aliphatic carbocycles. The van der Waals surface area contributed by atoms with Gasteiger partial charge in [0, 0.05) is 17.0 Å². The minimum atomic E-state index is -0.531. The SMILES string of the molecule is CCOC(=O)COc1cccc(C[C@@H]2CCCC3OC32c2nc(-c3ccccc3)c(-c3ccccc3)o2)c1. The Morgan fingerprint density at radius 1 is 0.974 bits per heavy atom. The number of hydrogen-bond donors (Lipinski definition) is 0. The Kier molecular flexibility index (Phi) is 6.73. The monoisotopic (exact) mass is 509 g/mol. The Bertz CT molecular complexity index is 1340. The molecule has 6 heteroatoms. The molecule has 1 saturated carbocycles. The van der Waals surface area contributed by atoms with Crippen LogP contribution in [-0.2, 0) is 26.3 Å². The van der Waals surface area contributed by atoms with Crippen LogP contribution in [0.1, 0.15) is 37.6 Å². The second-order valence-corrected chi connectivity index (χ2v) is 9.90. The summed E-state index contributed by atoms with van der Waals surface area (Å²) in [7, 11) is 0. The van der Waals surface area contributed by atoms with E-state index < -0.39 is 5.60 Å². The Morgan fingerprint density at radius 2 is 1.74 bits per heavy atom. The summed E-state index contributed by atoms with van der Waals surface area (Å²) in [6, 6.07) is 28.2. The van der Waals surface area contributed by atoms with Gasteiger partial charge >= 0.3 is 5.97 Å². The minimum Gasteiger partial charge on any atom is -0.482 e. The number of oxazole rings is 1. The summed E-state index contributed by atoms with van der Waals surface area (Å²) in [6.45, 7) is 2.02. The zero-order chi connectivity index (χ0) is 26.0. The molecule has 1 aromatic heterocycles. The van der Waals surface area contributed by atoms with E-state index in [1.165, 1.54) is 0 Å². The van der Waals surface area contributed by atoms with Gasteiger partial charge in [0.15, 0.2) is 18.0 Å². The number of carbonyl (C=O) groups excluding carboxylic acids is 1. The molecule has 4 aromatic rings. The van der Waals surface area contributed by atoms with Gasteiger partial charge in [0.2, 0.25) is 5.89 Å². The Morgan fingerprint density at radius 3 is 2.50 bits per heavy atom. The van der Waals surface area contributed by atoms with Crippen molar-refractivity contribution in [3.05, 3.63) is 96.4 Å². The third-order valence-electron chi connectivity index (χ3n) is 7.47. The predicted molar refractivity (Wildman–Crippen MR) is 144 cm³/mol. The number of rotatable bonds is 9. The Labute approximate surface area is 222 Å². The van der Waals surface area contributed by atoms with Gasteiger partial charge in [-0.25, -0.2) is 9.78 Å². The van der Waals surface area contributed by atoms with Crippen LogP contribution in [0, 0.1) is 5.92 Å². The van der Waals surface area contributed by atoms with Gasteiger partial charge in [0.25, 0.3) is 0 Å². The zero-order valence-electron chi connectivity index (χ0n) is 21.5. The lowest BCUT2D eigenvalue weighted by atomic mass is 9.75. The molecule has 6 nitrogen and oxygen atoms in total. The molecule has 194 valence electrons. The number of esters is 1. The largest absolute Gasteiger partial charge is 0.482 e. The number of nitrogens with zero attached hydrogens (tertiary/aromatic N) is 1. The molecule has 0 bridgehead atoms. The fourth-order valence-corrected chi connectivity index (χ4v) is 5.67. The first-order valence-electron chi connectivity index (χ1n) is 13.3. The molecule has 2 aliphatic rings. The molecular weight excluding hydrogens is 478 g/mol. The Hall–Kier alpha value is -3.90. The Balaban J connectivity index is 1.30. The van der Waals surface area contributed by atoms with Crippen LogP contribution in [0.15, 0.2) is 89.3 Å². The summed E-state index contributed by atoms with van der Waals surface area (Å²) in [5, 5.41) is 0. The van der Waals surface area contributed by atoms with E-state index in [0.717, 1.165) is 53.8 Å². The summed E-state index contributed by atoms with van der Waals surface area (Å²) in [5.74, 6) is 1.94. The first kappa shape index (κ1) is 24.4. The van der Waals surface area contributed by atoms with E-state index in [1.807, 2.05) is 54.6 Å². The normalized spacial score (nSPS) is 21.9. The predicted octanol–water partition coefficient (Wildman–Crippen LogP) is 6.59. The lowest BCUT2D eigenvalue weighted by Crippen LogP contribution is -2.30. The third-order valence-corrected chi connectivity index (χ3v) is 7.47. The number of fused-ring (bicyclic) bond motifs is 1. The summed E-state index contributed by atoms with van der Waals surface area (Å²) in [5.41, 5.74) is 3.46. The first-order valence-corrected chi connectivity index (χ1v) is 13.3. The molecule has 3 atom stereocenters. The summed E-state index contributed by atoms with van der Waals surface area (Å²) < 4.78 is 23.7. The van der Waals surface area contributed by atoms with E-state index >= 15 is 0 Å². The molecule has 1 saturated heterocycles. The van der Waals surface area contributed by atoms with E-state index in [0.29, 0.717) is 18.2 Å². The lowest BCUT2D eigenvalue weighted by molar-refractivity contribution is -0.145. The number of ether oxygens (including phenoxy) is 3. The van der Waals surface area contributed by atoms with Gasteiger partial charge in [0.05, 0.1) is 12.7 Å². The van der Waals surface area contributed by atoms with Crippen LogP contribution in [0.4, 0.5) is 0 Å². The number of carbonyl (C=O) groups is 1. The average Bonchev–Trinajstić information content (AvgIpc) is 3.55. The van der Waals surface area contributed by atoms with Crippen LogP contribution in [0.5, 0.6) is 5.75 Å². The van der Waals surface area contributed by atoms with E-state index in [4.69, 9.17) is 23.6 Å². The summed E-state index contributed by atoms with van der Waals surface area (Å²) in [4.78, 5) is 16.8. The van der Waals surface area contributed by atoms with E-state index in [9.17, 15) is 4.79 Å². The highest BCUT2D eigenvalue weighted by Crippen LogP contribution is 2.59. The smallest absolute Gasteiger partial charge is 0.344 e. The molecule has 6 rings (SSSR count). The second-order valence-electron chi connectivity index (χ2n) is 9.90. The summed E-state index contributed by atoms with van der Waals surface area (Å²) in [6.07, 6.45) is 4.04. The van der Waals surface area contributed by atoms with Crippen molar-refractivity contribution in [2.45, 2.75) is 44.3 Å². The number of benzene rings is 3. The highest BCUT2D eigenvalue weighted by Gasteiger charge is 2.67. The zero-order valence-corrected chi connectivity index (χ0v) is 21.5. The van der Waals surface area contributed by atoms with Gasteiger partial charge in [-0.05, 0) is 43.9 Å². The van der Waals surface area contributed by atoms with Crippen LogP contribution >= 0.6 is 0 Å². The van der Waals surface area contributed by atoms with Gasteiger partial charge in [0.1, 0.15) is 11.4 Å². The van der Waals surface area contributed by atoms with Gasteiger partial charge in [-0.15, -0.1) is 0 Å². The maximum Gasteiger partial charge on any atom is 0.344 e. The van der Waals surface area contributed by atoms with Crippen LogP contribution < -0.4 is 4.74 Å². The van der Waals surface area contributed by atoms with Crippen molar-refractivity contribution in [2.24, 2.45) is 5.92 Å². The van der Waals surface area contributed by atoms with Crippen molar-refractivity contribution in [3.63, 3.8) is 0 Å². The first-order chi connectivity index (χ1) is 18.7. The maximum absolute atomic E-state index is 11.7. The van der Waals surface area contributed by atoms with Crippen molar-refractivity contribution >= 4 is 5.97 Å². The van der Waals surface area contributed by atoms with Crippen LogP contribution in [0.3, 0.4) is 0 Å². The topological polar surface area (TPSA) is 74.1 Å². The highest BCUT2D eigenvalue weighted by molar-refractivity contribution is 5.77. The standard InChI is InChI=1S/C32H31NO5/c1-2-35-28(34)21-36-26-17-9-11-22(20-26)19-25-16-10-18-27-32(25,38-27)31-33-29(23-12-5-3-6-13-23)30(37-31)24-14-7-4-8-15-24/h3-9,11-15,17,20,25,27H,2,10,16,18-19,21H2,1H3/t25-,27?,32?/m0/s1. The van der Waals surface area contributed by atoms with Crippen molar-refractivity contribution in [1.29, 1.82) is 0 Å². The molecule has 0 amide bonds. The van der Waals surface area contributed by atoms with E-state index in [2.05, 4.69) is 30.3 Å². The minimum absolute atomic E-state index is 0.101. The van der Waals surface area contributed by atoms with Gasteiger partial charge < -0.3 is 18.6 Å².